The summed E-state index contributed by atoms with van der Waals surface area (Å²) in [4.78, 5) is 25.7. The van der Waals surface area contributed by atoms with E-state index in [4.69, 9.17) is 0 Å². The molecule has 0 radical (unpaired) electrons. The molecule has 7 nitrogen and oxygen atoms in total. The molecule has 0 saturated heterocycles. The second kappa shape index (κ2) is 7.36. The third-order valence-electron chi connectivity index (χ3n) is 4.04. The Morgan fingerprint density at radius 2 is 2.25 bits per heavy atom. The van der Waals surface area contributed by atoms with Gasteiger partial charge in [0.25, 0.3) is 0 Å². The van der Waals surface area contributed by atoms with Crippen LogP contribution in [0.15, 0.2) is 23.7 Å². The van der Waals surface area contributed by atoms with E-state index in [2.05, 4.69) is 15.6 Å². The molecule has 0 aliphatic heterocycles. The maximum atomic E-state index is 12.4. The van der Waals surface area contributed by atoms with Gasteiger partial charge in [-0.05, 0) is 24.3 Å². The van der Waals surface area contributed by atoms with Crippen LogP contribution in [0.1, 0.15) is 41.0 Å². The van der Waals surface area contributed by atoms with Crippen molar-refractivity contribution < 1.29 is 9.59 Å². The zero-order valence-electron chi connectivity index (χ0n) is 13.0. The number of nitrogens with one attached hydrogen (secondary N) is 1. The molecule has 2 heterocycles. The fourth-order valence-electron chi connectivity index (χ4n) is 2.79. The molecule has 0 spiro atoms. The molecule has 124 valence electrons. The minimum Gasteiger partial charge on any atom is -0.352 e. The summed E-state index contributed by atoms with van der Waals surface area (Å²) >= 11 is 1.58. The smallest absolute Gasteiger partial charge is 0.245 e. The summed E-state index contributed by atoms with van der Waals surface area (Å²) in [7, 11) is 0. The van der Waals surface area contributed by atoms with E-state index in [1.807, 2.05) is 17.5 Å². The number of nitrogens with zero attached hydrogens (tertiary/aromatic N) is 4. The number of amides is 1. The van der Waals surface area contributed by atoms with Crippen LogP contribution in [-0.2, 0) is 11.3 Å². The molecular formula is C16H17N5O2S. The average Bonchev–Trinajstić information content (AvgIpc) is 3.30. The Balaban J connectivity index is 1.66. The van der Waals surface area contributed by atoms with Crippen LogP contribution in [0.25, 0.3) is 0 Å². The Bertz CT molecular complexity index is 756. The number of aromatic nitrogens is 3. The monoisotopic (exact) mass is 343 g/mol. The van der Waals surface area contributed by atoms with E-state index < -0.39 is 17.6 Å². The van der Waals surface area contributed by atoms with Crippen LogP contribution < -0.4 is 5.32 Å². The zero-order chi connectivity index (χ0) is 16.9. The highest BCUT2D eigenvalue weighted by molar-refractivity contribution is 7.09. The Labute approximate surface area is 143 Å². The number of thiophene rings is 1. The van der Waals surface area contributed by atoms with Crippen LogP contribution >= 0.6 is 11.3 Å². The zero-order valence-corrected chi connectivity index (χ0v) is 13.8. The summed E-state index contributed by atoms with van der Waals surface area (Å²) in [6, 6.07) is 5.75. The SMILES string of the molecule is N#CC(C(=O)NC1CCCC1)C(=O)c1cn(Cc2cccs2)nn1. The lowest BCUT2D eigenvalue weighted by atomic mass is 10.0. The summed E-state index contributed by atoms with van der Waals surface area (Å²) < 4.78 is 1.53. The highest BCUT2D eigenvalue weighted by Gasteiger charge is 2.31. The first-order chi connectivity index (χ1) is 11.7. The third-order valence-corrected chi connectivity index (χ3v) is 4.91. The summed E-state index contributed by atoms with van der Waals surface area (Å²) in [6.07, 6.45) is 5.40. The minimum atomic E-state index is -1.38. The van der Waals surface area contributed by atoms with Crippen molar-refractivity contribution in [2.45, 2.75) is 38.3 Å². The summed E-state index contributed by atoms with van der Waals surface area (Å²) in [5.41, 5.74) is 0.0414. The first-order valence-corrected chi connectivity index (χ1v) is 8.72. The quantitative estimate of drug-likeness (QED) is 0.636. The fourth-order valence-corrected chi connectivity index (χ4v) is 3.49. The summed E-state index contributed by atoms with van der Waals surface area (Å²) in [6.45, 7) is 0.503. The largest absolute Gasteiger partial charge is 0.352 e. The lowest BCUT2D eigenvalue weighted by Crippen LogP contribution is -2.40. The topological polar surface area (TPSA) is 101 Å². The van der Waals surface area contributed by atoms with Crippen molar-refractivity contribution in [3.8, 4) is 6.07 Å². The number of ketones is 1. The van der Waals surface area contributed by atoms with Gasteiger partial charge < -0.3 is 5.32 Å². The Morgan fingerprint density at radius 3 is 2.92 bits per heavy atom. The van der Waals surface area contributed by atoms with Crippen LogP contribution in [0, 0.1) is 17.2 Å². The van der Waals surface area contributed by atoms with Gasteiger partial charge in [-0.2, -0.15) is 5.26 Å². The van der Waals surface area contributed by atoms with Crippen LogP contribution in [-0.4, -0.2) is 32.7 Å². The van der Waals surface area contributed by atoms with Crippen LogP contribution in [0.3, 0.4) is 0 Å². The normalized spacial score (nSPS) is 15.8. The number of Topliss-reactive ketones (excluding diaryl/α,β-unsaturated/α-hetero) is 1. The van der Waals surface area contributed by atoms with Crippen molar-refractivity contribution in [2.75, 3.05) is 0 Å². The minimum absolute atomic E-state index is 0.0414. The van der Waals surface area contributed by atoms with E-state index in [1.54, 1.807) is 17.4 Å². The van der Waals surface area contributed by atoms with Gasteiger partial charge in [0.15, 0.2) is 11.6 Å². The molecule has 2 aromatic rings. The van der Waals surface area contributed by atoms with Crippen molar-refractivity contribution in [3.05, 3.63) is 34.3 Å². The second-order valence-corrected chi connectivity index (χ2v) is 6.83. The Morgan fingerprint density at radius 1 is 1.46 bits per heavy atom. The van der Waals surface area contributed by atoms with Gasteiger partial charge >= 0.3 is 0 Å². The van der Waals surface area contributed by atoms with Gasteiger partial charge in [0.05, 0.1) is 18.8 Å². The number of carbonyl (C=O) groups excluding carboxylic acids is 2. The van der Waals surface area contributed by atoms with E-state index in [0.29, 0.717) is 6.54 Å². The lowest BCUT2D eigenvalue weighted by molar-refractivity contribution is -0.122. The van der Waals surface area contributed by atoms with Gasteiger partial charge in [0.1, 0.15) is 0 Å². The van der Waals surface area contributed by atoms with E-state index in [0.717, 1.165) is 30.6 Å². The molecule has 1 N–H and O–H groups in total. The molecule has 3 rings (SSSR count). The predicted octanol–water partition coefficient (Wildman–Crippen LogP) is 1.77. The molecule has 8 heteroatoms. The van der Waals surface area contributed by atoms with Crippen LogP contribution in [0.2, 0.25) is 0 Å². The van der Waals surface area contributed by atoms with E-state index in [1.165, 1.54) is 10.9 Å². The molecule has 2 aromatic heterocycles. The number of hydrogen-bond acceptors (Lipinski definition) is 6. The fraction of sp³-hybridized carbons (Fsp3) is 0.438. The van der Waals surface area contributed by atoms with Gasteiger partial charge in [-0.15, -0.1) is 16.4 Å². The first-order valence-electron chi connectivity index (χ1n) is 7.84. The number of hydrogen-bond donors (Lipinski definition) is 1. The number of nitriles is 1. The molecule has 0 aromatic carbocycles. The average molecular weight is 343 g/mol. The molecular weight excluding hydrogens is 326 g/mol. The first kappa shape index (κ1) is 16.3. The van der Waals surface area contributed by atoms with Gasteiger partial charge in [-0.1, -0.05) is 24.1 Å². The predicted molar refractivity (Wildman–Crippen MR) is 87.3 cm³/mol. The molecule has 1 unspecified atom stereocenters. The summed E-state index contributed by atoms with van der Waals surface area (Å²) in [5.74, 6) is -2.52. The Kier molecular flexibility index (Phi) is 5.01. The maximum Gasteiger partial charge on any atom is 0.245 e. The summed E-state index contributed by atoms with van der Waals surface area (Å²) in [5, 5.41) is 21.7. The molecule has 1 fully saturated rings. The van der Waals surface area contributed by atoms with Gasteiger partial charge in [0, 0.05) is 10.9 Å². The van der Waals surface area contributed by atoms with E-state index >= 15 is 0 Å². The molecule has 1 atom stereocenters. The number of carbonyl (C=O) groups is 2. The molecule has 1 amide bonds. The standard InChI is InChI=1S/C16H17N5O2S/c17-8-13(16(23)18-11-4-1-2-5-11)15(22)14-10-21(20-19-14)9-12-6-3-7-24-12/h3,6-7,10-11,13H,1-2,4-5,9H2,(H,18,23). The van der Waals surface area contributed by atoms with Crippen molar-refractivity contribution in [1.29, 1.82) is 5.26 Å². The molecule has 1 aliphatic rings. The molecule has 24 heavy (non-hydrogen) atoms. The van der Waals surface area contributed by atoms with Gasteiger partial charge in [0.2, 0.25) is 11.7 Å². The molecule has 1 aliphatic carbocycles. The van der Waals surface area contributed by atoms with Crippen molar-refractivity contribution in [3.63, 3.8) is 0 Å². The van der Waals surface area contributed by atoms with E-state index in [9.17, 15) is 14.9 Å². The van der Waals surface area contributed by atoms with Gasteiger partial charge in [-0.25, -0.2) is 4.68 Å². The van der Waals surface area contributed by atoms with Crippen LogP contribution in [0.5, 0.6) is 0 Å². The Hall–Kier alpha value is -2.53. The van der Waals surface area contributed by atoms with Crippen molar-refractivity contribution in [1.82, 2.24) is 20.3 Å². The van der Waals surface area contributed by atoms with Crippen molar-refractivity contribution in [2.24, 2.45) is 5.92 Å². The lowest BCUT2D eigenvalue weighted by Gasteiger charge is -2.13. The highest BCUT2D eigenvalue weighted by atomic mass is 32.1. The second-order valence-electron chi connectivity index (χ2n) is 5.80. The highest BCUT2D eigenvalue weighted by Crippen LogP contribution is 2.18. The van der Waals surface area contributed by atoms with E-state index in [-0.39, 0.29) is 11.7 Å². The molecule has 0 bridgehead atoms. The van der Waals surface area contributed by atoms with Gasteiger partial charge in [-0.3, -0.25) is 9.59 Å². The molecule has 1 saturated carbocycles. The number of rotatable bonds is 6. The van der Waals surface area contributed by atoms with Crippen LogP contribution in [0.4, 0.5) is 0 Å². The maximum absolute atomic E-state index is 12.4. The third kappa shape index (κ3) is 3.68. The van der Waals surface area contributed by atoms with Crippen molar-refractivity contribution >= 4 is 23.0 Å².